The summed E-state index contributed by atoms with van der Waals surface area (Å²) < 4.78 is 5.61. The molecule has 3 N–H and O–H groups in total. The Morgan fingerprint density at radius 2 is 2.44 bits per heavy atom. The molecule has 5 nitrogen and oxygen atoms in total. The fourth-order valence-electron chi connectivity index (χ4n) is 1.96. The largest absolute Gasteiger partial charge is 0.394 e. The van der Waals surface area contributed by atoms with Gasteiger partial charge in [-0.2, -0.15) is 0 Å². The average molecular weight is 224 g/mol. The minimum atomic E-state index is -0.397. The smallest absolute Gasteiger partial charge is 0.246 e. The lowest BCUT2D eigenvalue weighted by molar-refractivity contribution is -0.114. The standard InChI is InChI=1S/C11H16N2O3/c12-11(15)8-2-1-5-13(6-8)10-4-3-9(7-14)16-10/h1,5-6,9-10,14H,2-4,7H2,(H2,12,15)/t9-,10?/m1/s1. The van der Waals surface area contributed by atoms with E-state index in [2.05, 4.69) is 0 Å². The van der Waals surface area contributed by atoms with Crippen molar-refractivity contribution in [2.75, 3.05) is 6.61 Å². The highest BCUT2D eigenvalue weighted by Gasteiger charge is 2.28. The molecule has 5 heteroatoms. The van der Waals surface area contributed by atoms with Crippen molar-refractivity contribution < 1.29 is 14.6 Å². The summed E-state index contributed by atoms with van der Waals surface area (Å²) in [7, 11) is 0. The molecule has 1 saturated heterocycles. The molecule has 0 aromatic carbocycles. The van der Waals surface area contributed by atoms with Gasteiger partial charge in [0.05, 0.1) is 12.7 Å². The Morgan fingerprint density at radius 1 is 1.62 bits per heavy atom. The first kappa shape index (κ1) is 11.2. The molecule has 2 atom stereocenters. The molecule has 0 radical (unpaired) electrons. The fraction of sp³-hybridized carbons (Fsp3) is 0.545. The summed E-state index contributed by atoms with van der Waals surface area (Å²) in [4.78, 5) is 12.9. The SMILES string of the molecule is NC(=O)C1=CN(C2CC[C@H](CO)O2)C=CC1. The lowest BCUT2D eigenvalue weighted by atomic mass is 10.1. The number of nitrogens with zero attached hydrogens (tertiary/aromatic N) is 1. The number of carbonyl (C=O) groups excluding carboxylic acids is 1. The number of carbonyl (C=O) groups is 1. The van der Waals surface area contributed by atoms with E-state index in [4.69, 9.17) is 15.6 Å². The van der Waals surface area contributed by atoms with Crippen LogP contribution in [0.5, 0.6) is 0 Å². The first-order valence-electron chi connectivity index (χ1n) is 5.41. The Bertz CT molecular complexity index is 338. The summed E-state index contributed by atoms with van der Waals surface area (Å²) in [6, 6.07) is 0. The molecule has 2 aliphatic heterocycles. The van der Waals surface area contributed by atoms with Crippen molar-refractivity contribution in [1.82, 2.24) is 4.90 Å². The van der Waals surface area contributed by atoms with Crippen molar-refractivity contribution >= 4 is 5.91 Å². The van der Waals surface area contributed by atoms with Crippen LogP contribution in [-0.4, -0.2) is 34.9 Å². The first-order valence-corrected chi connectivity index (χ1v) is 5.41. The van der Waals surface area contributed by atoms with Crippen molar-refractivity contribution in [3.05, 3.63) is 24.0 Å². The lowest BCUT2D eigenvalue weighted by Gasteiger charge is -2.26. The molecule has 1 fully saturated rings. The number of aliphatic hydroxyl groups is 1. The van der Waals surface area contributed by atoms with Gasteiger partial charge in [0.2, 0.25) is 5.91 Å². The molecule has 2 rings (SSSR count). The van der Waals surface area contributed by atoms with Crippen molar-refractivity contribution in [2.24, 2.45) is 5.73 Å². The minimum absolute atomic E-state index is 0.0421. The van der Waals surface area contributed by atoms with Crippen LogP contribution in [0.15, 0.2) is 24.0 Å². The fourth-order valence-corrected chi connectivity index (χ4v) is 1.96. The first-order chi connectivity index (χ1) is 7.70. The van der Waals surface area contributed by atoms with Crippen LogP contribution in [0.25, 0.3) is 0 Å². The van der Waals surface area contributed by atoms with E-state index in [1.54, 1.807) is 6.20 Å². The number of amides is 1. The number of hydrogen-bond acceptors (Lipinski definition) is 4. The summed E-state index contributed by atoms with van der Waals surface area (Å²) in [6.45, 7) is 0.0421. The van der Waals surface area contributed by atoms with Crippen LogP contribution in [0.4, 0.5) is 0 Å². The molecule has 0 aromatic heterocycles. The van der Waals surface area contributed by atoms with Crippen LogP contribution in [0.3, 0.4) is 0 Å². The van der Waals surface area contributed by atoms with E-state index in [0.29, 0.717) is 12.0 Å². The summed E-state index contributed by atoms with van der Waals surface area (Å²) in [5, 5.41) is 8.97. The van der Waals surface area contributed by atoms with Crippen molar-refractivity contribution in [3.8, 4) is 0 Å². The molecule has 0 aromatic rings. The van der Waals surface area contributed by atoms with Crippen molar-refractivity contribution in [3.63, 3.8) is 0 Å². The summed E-state index contributed by atoms with van der Waals surface area (Å²) >= 11 is 0. The Balaban J connectivity index is 2.02. The third-order valence-electron chi connectivity index (χ3n) is 2.86. The van der Waals surface area contributed by atoms with E-state index in [-0.39, 0.29) is 18.9 Å². The van der Waals surface area contributed by atoms with Crippen LogP contribution in [-0.2, 0) is 9.53 Å². The predicted molar refractivity (Wildman–Crippen MR) is 57.9 cm³/mol. The Hall–Kier alpha value is -1.33. The van der Waals surface area contributed by atoms with Gasteiger partial charge in [-0.05, 0) is 19.3 Å². The van der Waals surface area contributed by atoms with Gasteiger partial charge in [0.15, 0.2) is 0 Å². The minimum Gasteiger partial charge on any atom is -0.394 e. The zero-order chi connectivity index (χ0) is 11.5. The third-order valence-corrected chi connectivity index (χ3v) is 2.86. The zero-order valence-electron chi connectivity index (χ0n) is 9.00. The molecule has 2 heterocycles. The van der Waals surface area contributed by atoms with Crippen molar-refractivity contribution in [1.29, 1.82) is 0 Å². The molecule has 0 saturated carbocycles. The van der Waals surface area contributed by atoms with Gasteiger partial charge in [-0.1, -0.05) is 6.08 Å². The molecule has 0 aliphatic carbocycles. The second-order valence-electron chi connectivity index (χ2n) is 4.03. The molecule has 88 valence electrons. The number of rotatable bonds is 3. The van der Waals surface area contributed by atoms with Gasteiger partial charge in [-0.15, -0.1) is 0 Å². The van der Waals surface area contributed by atoms with Crippen LogP contribution < -0.4 is 5.73 Å². The van der Waals surface area contributed by atoms with E-state index in [1.807, 2.05) is 17.2 Å². The van der Waals surface area contributed by atoms with Gasteiger partial charge >= 0.3 is 0 Å². The summed E-state index contributed by atoms with van der Waals surface area (Å²) in [6.07, 6.45) is 7.57. The van der Waals surface area contributed by atoms with E-state index in [0.717, 1.165) is 12.8 Å². The zero-order valence-corrected chi connectivity index (χ0v) is 9.00. The molecule has 1 amide bonds. The second kappa shape index (κ2) is 4.67. The van der Waals surface area contributed by atoms with E-state index < -0.39 is 5.91 Å². The average Bonchev–Trinajstić information content (AvgIpc) is 2.77. The number of nitrogens with two attached hydrogens (primary N) is 1. The number of primary amides is 1. The molecule has 0 spiro atoms. The second-order valence-corrected chi connectivity index (χ2v) is 4.03. The van der Waals surface area contributed by atoms with Crippen LogP contribution in [0.2, 0.25) is 0 Å². The Morgan fingerprint density at radius 3 is 3.06 bits per heavy atom. The van der Waals surface area contributed by atoms with E-state index >= 15 is 0 Å². The van der Waals surface area contributed by atoms with Gasteiger partial charge in [0.25, 0.3) is 0 Å². The molecule has 1 unspecified atom stereocenters. The van der Waals surface area contributed by atoms with E-state index in [9.17, 15) is 4.79 Å². The maximum Gasteiger partial charge on any atom is 0.246 e. The van der Waals surface area contributed by atoms with Gasteiger partial charge in [0.1, 0.15) is 6.23 Å². The molecule has 16 heavy (non-hydrogen) atoms. The highest BCUT2D eigenvalue weighted by molar-refractivity contribution is 5.92. The number of hydrogen-bond donors (Lipinski definition) is 2. The van der Waals surface area contributed by atoms with Crippen LogP contribution in [0.1, 0.15) is 19.3 Å². The highest BCUT2D eigenvalue weighted by atomic mass is 16.5. The number of ether oxygens (including phenoxy) is 1. The Kier molecular flexibility index (Phi) is 3.26. The molecular formula is C11H16N2O3. The quantitative estimate of drug-likeness (QED) is 0.711. The maximum absolute atomic E-state index is 11.0. The lowest BCUT2D eigenvalue weighted by Crippen LogP contribution is -2.30. The topological polar surface area (TPSA) is 75.8 Å². The van der Waals surface area contributed by atoms with Crippen LogP contribution >= 0.6 is 0 Å². The van der Waals surface area contributed by atoms with Gasteiger partial charge in [-0.3, -0.25) is 4.79 Å². The number of allylic oxidation sites excluding steroid dienone is 1. The molecular weight excluding hydrogens is 208 g/mol. The highest BCUT2D eigenvalue weighted by Crippen LogP contribution is 2.25. The maximum atomic E-state index is 11.0. The van der Waals surface area contributed by atoms with Crippen LogP contribution in [0, 0.1) is 0 Å². The van der Waals surface area contributed by atoms with Gasteiger partial charge in [0, 0.05) is 18.0 Å². The third kappa shape index (κ3) is 2.25. The van der Waals surface area contributed by atoms with Crippen molar-refractivity contribution in [2.45, 2.75) is 31.6 Å². The predicted octanol–water partition coefficient (Wildman–Crippen LogP) is 0.0724. The number of aliphatic hydroxyl groups excluding tert-OH is 1. The van der Waals surface area contributed by atoms with E-state index in [1.165, 1.54) is 0 Å². The summed E-state index contributed by atoms with van der Waals surface area (Å²) in [5.41, 5.74) is 5.81. The van der Waals surface area contributed by atoms with Gasteiger partial charge < -0.3 is 20.5 Å². The summed E-state index contributed by atoms with van der Waals surface area (Å²) in [5.74, 6) is -0.397. The Labute approximate surface area is 94.2 Å². The van der Waals surface area contributed by atoms with Gasteiger partial charge in [-0.25, -0.2) is 0 Å². The normalized spacial score (nSPS) is 29.3. The monoisotopic (exact) mass is 224 g/mol. The molecule has 0 bridgehead atoms. The molecule has 2 aliphatic rings.